The molecule has 0 N–H and O–H groups in total. The molecular formula is C24H30O2Si. The summed E-state index contributed by atoms with van der Waals surface area (Å²) in [4.78, 5) is 12.0. The average Bonchev–Trinajstić information content (AvgIpc) is 2.61. The van der Waals surface area contributed by atoms with Gasteiger partial charge in [-0.05, 0) is 21.5 Å². The van der Waals surface area contributed by atoms with E-state index in [0.29, 0.717) is 6.42 Å². The highest BCUT2D eigenvalue weighted by atomic mass is 28.4. The van der Waals surface area contributed by atoms with Gasteiger partial charge in [-0.1, -0.05) is 101 Å². The Hall–Kier alpha value is -1.97. The fourth-order valence-corrected chi connectivity index (χ4v) is 8.94. The third-order valence-electron chi connectivity index (χ3n) is 5.58. The van der Waals surface area contributed by atoms with E-state index in [1.807, 2.05) is 6.08 Å². The Bertz CT molecular complexity index is 777. The number of carbonyl (C=O) groups is 1. The average molecular weight is 379 g/mol. The van der Waals surface area contributed by atoms with Crippen LogP contribution in [0.4, 0.5) is 0 Å². The van der Waals surface area contributed by atoms with E-state index in [0.717, 1.165) is 0 Å². The molecule has 0 aliphatic heterocycles. The standard InChI is InChI=1S/C24H30O2Si/c1-23(2,3)27(20-12-8-6-9-13-20,21-14-10-7-11-15-21)26-22-17-16-19(25)18-24(22,4)5/h6-17,22H,18H2,1-5H3/t22-/m1/s1. The zero-order valence-electron chi connectivity index (χ0n) is 17.0. The molecule has 2 aromatic rings. The lowest BCUT2D eigenvalue weighted by molar-refractivity contribution is -0.118. The minimum Gasteiger partial charge on any atom is -0.401 e. The van der Waals surface area contributed by atoms with Crippen LogP contribution in [0, 0.1) is 5.41 Å². The van der Waals surface area contributed by atoms with E-state index in [1.165, 1.54) is 10.4 Å². The molecule has 0 amide bonds. The predicted octanol–water partition coefficient (Wildman–Crippen LogP) is 4.49. The fraction of sp³-hybridized carbons (Fsp3) is 0.375. The van der Waals surface area contributed by atoms with Crippen molar-refractivity contribution in [1.82, 2.24) is 0 Å². The maximum absolute atomic E-state index is 12.0. The van der Waals surface area contributed by atoms with Gasteiger partial charge in [-0.3, -0.25) is 4.79 Å². The SMILES string of the molecule is CC1(C)CC(=O)C=C[C@H]1O[Si](c1ccccc1)(c1ccccc1)C(C)(C)C. The first-order valence-corrected chi connectivity index (χ1v) is 11.6. The highest BCUT2D eigenvalue weighted by molar-refractivity contribution is 6.99. The first-order chi connectivity index (χ1) is 12.7. The van der Waals surface area contributed by atoms with Crippen LogP contribution in [0.5, 0.6) is 0 Å². The summed E-state index contributed by atoms with van der Waals surface area (Å²) in [5.41, 5.74) is -0.223. The second-order valence-corrected chi connectivity index (χ2v) is 13.4. The van der Waals surface area contributed by atoms with E-state index >= 15 is 0 Å². The van der Waals surface area contributed by atoms with Gasteiger partial charge in [0.25, 0.3) is 8.32 Å². The molecule has 3 heteroatoms. The van der Waals surface area contributed by atoms with Crippen LogP contribution in [0.3, 0.4) is 0 Å². The minimum absolute atomic E-state index is 0.0684. The number of ketones is 1. The normalized spacial score (nSPS) is 19.9. The number of benzene rings is 2. The van der Waals surface area contributed by atoms with Crippen LogP contribution >= 0.6 is 0 Å². The van der Waals surface area contributed by atoms with Gasteiger partial charge in [-0.15, -0.1) is 0 Å². The Balaban J connectivity index is 2.21. The molecule has 0 aromatic heterocycles. The van der Waals surface area contributed by atoms with Crippen LogP contribution in [-0.2, 0) is 9.22 Å². The number of hydrogen-bond donors (Lipinski definition) is 0. The van der Waals surface area contributed by atoms with Crippen molar-refractivity contribution in [3.8, 4) is 0 Å². The molecule has 2 aromatic carbocycles. The van der Waals surface area contributed by atoms with Crippen molar-refractivity contribution in [2.75, 3.05) is 0 Å². The van der Waals surface area contributed by atoms with E-state index in [9.17, 15) is 4.79 Å². The number of rotatable bonds is 4. The summed E-state index contributed by atoms with van der Waals surface area (Å²) in [5.74, 6) is 0.183. The zero-order chi connectivity index (χ0) is 19.7. The molecule has 0 radical (unpaired) electrons. The van der Waals surface area contributed by atoms with Gasteiger partial charge in [0.15, 0.2) is 5.78 Å². The number of allylic oxidation sites excluding steroid dienone is 1. The van der Waals surface area contributed by atoms with Crippen molar-refractivity contribution in [2.24, 2.45) is 5.41 Å². The van der Waals surface area contributed by atoms with Gasteiger partial charge in [0, 0.05) is 11.8 Å². The van der Waals surface area contributed by atoms with Gasteiger partial charge in [0.05, 0.1) is 6.10 Å². The molecular weight excluding hydrogens is 348 g/mol. The van der Waals surface area contributed by atoms with Gasteiger partial charge in [0.1, 0.15) is 0 Å². The maximum Gasteiger partial charge on any atom is 0.261 e. The van der Waals surface area contributed by atoms with E-state index in [-0.39, 0.29) is 22.3 Å². The second kappa shape index (κ2) is 7.21. The molecule has 1 aliphatic carbocycles. The van der Waals surface area contributed by atoms with Crippen LogP contribution in [0.15, 0.2) is 72.8 Å². The Morgan fingerprint density at radius 3 is 1.81 bits per heavy atom. The van der Waals surface area contributed by atoms with E-state index < -0.39 is 8.32 Å². The third-order valence-corrected chi connectivity index (χ3v) is 10.6. The maximum atomic E-state index is 12.0. The van der Waals surface area contributed by atoms with Crippen molar-refractivity contribution in [3.63, 3.8) is 0 Å². The summed E-state index contributed by atoms with van der Waals surface area (Å²) in [6.45, 7) is 11.1. The van der Waals surface area contributed by atoms with E-state index in [1.54, 1.807) is 6.08 Å². The van der Waals surface area contributed by atoms with Gasteiger partial charge in [-0.25, -0.2) is 0 Å². The first kappa shape index (κ1) is 19.8. The monoisotopic (exact) mass is 378 g/mol. The summed E-state index contributed by atoms with van der Waals surface area (Å²) in [6.07, 6.45) is 4.10. The topological polar surface area (TPSA) is 26.3 Å². The van der Waals surface area contributed by atoms with Gasteiger partial charge >= 0.3 is 0 Å². The lowest BCUT2D eigenvalue weighted by atomic mass is 9.78. The van der Waals surface area contributed by atoms with Crippen molar-refractivity contribution in [3.05, 3.63) is 72.8 Å². The van der Waals surface area contributed by atoms with Crippen molar-refractivity contribution < 1.29 is 9.22 Å². The van der Waals surface area contributed by atoms with Crippen LogP contribution < -0.4 is 10.4 Å². The Labute approximate surface area is 164 Å². The summed E-state index contributed by atoms with van der Waals surface area (Å²) in [6, 6.07) is 21.3. The zero-order valence-corrected chi connectivity index (χ0v) is 18.0. The quantitative estimate of drug-likeness (QED) is 0.733. The van der Waals surface area contributed by atoms with Crippen LogP contribution in [0.1, 0.15) is 41.0 Å². The second-order valence-electron chi connectivity index (χ2n) is 9.19. The molecule has 0 unspecified atom stereocenters. The number of carbonyl (C=O) groups excluding carboxylic acids is 1. The van der Waals surface area contributed by atoms with E-state index in [2.05, 4.69) is 95.3 Å². The smallest absolute Gasteiger partial charge is 0.261 e. The highest BCUT2D eigenvalue weighted by Gasteiger charge is 2.53. The minimum atomic E-state index is -2.61. The molecule has 0 saturated carbocycles. The molecule has 2 nitrogen and oxygen atoms in total. The molecule has 0 saturated heterocycles. The highest BCUT2D eigenvalue weighted by Crippen LogP contribution is 2.41. The Kier molecular flexibility index (Phi) is 5.28. The van der Waals surface area contributed by atoms with Crippen LogP contribution in [-0.4, -0.2) is 20.2 Å². The molecule has 0 bridgehead atoms. The lowest BCUT2D eigenvalue weighted by Gasteiger charge is -2.48. The summed E-state index contributed by atoms with van der Waals surface area (Å²) in [7, 11) is -2.61. The molecule has 0 spiro atoms. The summed E-state index contributed by atoms with van der Waals surface area (Å²) >= 11 is 0. The molecule has 1 atom stereocenters. The molecule has 0 heterocycles. The molecule has 3 rings (SSSR count). The summed E-state index contributed by atoms with van der Waals surface area (Å²) in [5, 5.41) is 2.47. The Morgan fingerprint density at radius 1 is 0.926 bits per heavy atom. The van der Waals surface area contributed by atoms with Crippen LogP contribution in [0.25, 0.3) is 0 Å². The third kappa shape index (κ3) is 3.71. The molecule has 1 aliphatic rings. The van der Waals surface area contributed by atoms with Crippen molar-refractivity contribution in [2.45, 2.75) is 52.2 Å². The molecule has 0 fully saturated rings. The molecule has 142 valence electrons. The largest absolute Gasteiger partial charge is 0.401 e. The van der Waals surface area contributed by atoms with Gasteiger partial charge in [0.2, 0.25) is 0 Å². The Morgan fingerprint density at radius 2 is 1.41 bits per heavy atom. The first-order valence-electron chi connectivity index (χ1n) is 9.67. The molecule has 27 heavy (non-hydrogen) atoms. The fourth-order valence-electron chi connectivity index (χ4n) is 4.14. The van der Waals surface area contributed by atoms with Crippen LogP contribution in [0.2, 0.25) is 5.04 Å². The van der Waals surface area contributed by atoms with Crippen molar-refractivity contribution >= 4 is 24.5 Å². The lowest BCUT2D eigenvalue weighted by Crippen LogP contribution is -2.68. The van der Waals surface area contributed by atoms with Crippen molar-refractivity contribution in [1.29, 1.82) is 0 Å². The van der Waals surface area contributed by atoms with E-state index in [4.69, 9.17) is 4.43 Å². The van der Waals surface area contributed by atoms with Gasteiger partial charge in [-0.2, -0.15) is 0 Å². The predicted molar refractivity (Wildman–Crippen MR) is 115 cm³/mol. The summed E-state index contributed by atoms with van der Waals surface area (Å²) < 4.78 is 7.18. The van der Waals surface area contributed by atoms with Gasteiger partial charge < -0.3 is 4.43 Å². The number of hydrogen-bond acceptors (Lipinski definition) is 2.